The monoisotopic (exact) mass is 546 g/mol. The Balaban J connectivity index is 1.50. The van der Waals surface area contributed by atoms with E-state index in [1.807, 2.05) is 38.1 Å². The number of aromatic carboxylic acids is 1. The van der Waals surface area contributed by atoms with E-state index in [2.05, 4.69) is 28.2 Å². The molecule has 2 aromatic carbocycles. The molecular formula is C30H30N2O4S2. The summed E-state index contributed by atoms with van der Waals surface area (Å²) >= 11 is 3.29. The zero-order valence-electron chi connectivity index (χ0n) is 21.7. The zero-order chi connectivity index (χ0) is 26.6. The number of thioether (sulfide) groups is 1. The van der Waals surface area contributed by atoms with Crippen molar-refractivity contribution in [3.63, 3.8) is 0 Å². The average Bonchev–Trinajstić information content (AvgIpc) is 3.57. The highest BCUT2D eigenvalue weighted by molar-refractivity contribution is 7.98. The summed E-state index contributed by atoms with van der Waals surface area (Å²) in [6.07, 6.45) is 4.78. The first-order chi connectivity index (χ1) is 18.4. The van der Waals surface area contributed by atoms with Gasteiger partial charge in [0.05, 0.1) is 18.8 Å². The second-order valence-electron chi connectivity index (χ2n) is 9.46. The van der Waals surface area contributed by atoms with Crippen molar-refractivity contribution >= 4 is 29.1 Å². The van der Waals surface area contributed by atoms with Crippen LogP contribution in [-0.4, -0.2) is 34.3 Å². The maximum absolute atomic E-state index is 11.4. The summed E-state index contributed by atoms with van der Waals surface area (Å²) in [6.45, 7) is 3.96. The number of methoxy groups -OCH3 is 1. The molecule has 4 aromatic rings. The number of ether oxygens (including phenoxy) is 2. The van der Waals surface area contributed by atoms with Crippen molar-refractivity contribution in [2.24, 2.45) is 0 Å². The molecule has 0 amide bonds. The van der Waals surface area contributed by atoms with Gasteiger partial charge < -0.3 is 14.6 Å². The number of carbonyl (C=O) groups is 1. The van der Waals surface area contributed by atoms with E-state index in [4.69, 9.17) is 9.47 Å². The Hall–Kier alpha value is -3.36. The first-order valence-corrected chi connectivity index (χ1v) is 14.5. The molecule has 2 heterocycles. The lowest BCUT2D eigenvalue weighted by Crippen LogP contribution is -2.11. The topological polar surface area (TPSA) is 81.5 Å². The van der Waals surface area contributed by atoms with E-state index >= 15 is 0 Å². The molecule has 8 heteroatoms. The van der Waals surface area contributed by atoms with E-state index in [0.717, 1.165) is 67.3 Å². The Bertz CT molecular complexity index is 1420. The number of hydrogen-bond acceptors (Lipinski definition) is 7. The highest BCUT2D eigenvalue weighted by atomic mass is 32.2. The SMILES string of the molecule is COc1ccc(-c2cc(CSc3nc(C)cc(C)n3)c(-c3ccc(C(=O)O)cc3)s2)cc1OC1CCCC1. The van der Waals surface area contributed by atoms with Crippen molar-refractivity contribution in [1.82, 2.24) is 9.97 Å². The summed E-state index contributed by atoms with van der Waals surface area (Å²) in [5.41, 5.74) is 5.36. The van der Waals surface area contributed by atoms with Crippen LogP contribution in [-0.2, 0) is 5.75 Å². The van der Waals surface area contributed by atoms with Crippen LogP contribution in [0.5, 0.6) is 11.5 Å². The van der Waals surface area contributed by atoms with Crippen LogP contribution in [0.1, 0.15) is 53.0 Å². The summed E-state index contributed by atoms with van der Waals surface area (Å²) in [6, 6.07) is 17.4. The molecule has 1 saturated carbocycles. The summed E-state index contributed by atoms with van der Waals surface area (Å²) in [7, 11) is 1.67. The van der Waals surface area contributed by atoms with E-state index in [1.54, 1.807) is 42.3 Å². The van der Waals surface area contributed by atoms with Gasteiger partial charge in [-0.2, -0.15) is 0 Å². The van der Waals surface area contributed by atoms with Crippen molar-refractivity contribution < 1.29 is 19.4 Å². The Morgan fingerprint density at radius 1 is 0.974 bits per heavy atom. The molecule has 0 saturated heterocycles. The van der Waals surface area contributed by atoms with E-state index in [9.17, 15) is 9.90 Å². The predicted octanol–water partition coefficient (Wildman–Crippen LogP) is 7.81. The zero-order valence-corrected chi connectivity index (χ0v) is 23.3. The molecule has 0 radical (unpaired) electrons. The third-order valence-corrected chi connectivity index (χ3v) is 8.74. The standard InChI is InChI=1S/C30H30N2O4S2/c1-18-14-19(2)32-30(31-18)37-17-23-16-27(38-28(23)20-8-10-21(11-9-20)29(33)34)22-12-13-25(35-3)26(15-22)36-24-6-4-5-7-24/h8-16,24H,4-7,17H2,1-3H3,(H,33,34). The van der Waals surface area contributed by atoms with E-state index in [-0.39, 0.29) is 11.7 Å². The van der Waals surface area contributed by atoms with Crippen molar-refractivity contribution in [2.45, 2.75) is 56.5 Å². The lowest BCUT2D eigenvalue weighted by atomic mass is 10.1. The maximum atomic E-state index is 11.4. The molecular weight excluding hydrogens is 516 g/mol. The number of aryl methyl sites for hydroxylation is 2. The molecule has 0 aliphatic heterocycles. The minimum atomic E-state index is -0.931. The Morgan fingerprint density at radius 2 is 1.66 bits per heavy atom. The summed E-state index contributed by atoms with van der Waals surface area (Å²) in [5.74, 6) is 1.28. The van der Waals surface area contributed by atoms with Gasteiger partial charge in [-0.05, 0) is 98.7 Å². The third-order valence-electron chi connectivity index (χ3n) is 6.57. The van der Waals surface area contributed by atoms with Gasteiger partial charge >= 0.3 is 5.97 Å². The second-order valence-corrected chi connectivity index (χ2v) is 11.5. The van der Waals surface area contributed by atoms with Crippen LogP contribution < -0.4 is 9.47 Å². The first kappa shape index (κ1) is 26.3. The number of hydrogen-bond donors (Lipinski definition) is 1. The van der Waals surface area contributed by atoms with Crippen molar-refractivity contribution in [1.29, 1.82) is 0 Å². The van der Waals surface area contributed by atoms with Gasteiger partial charge in [0, 0.05) is 26.9 Å². The molecule has 0 unspecified atom stereocenters. The van der Waals surface area contributed by atoms with Crippen LogP contribution in [0.15, 0.2) is 59.8 Å². The summed E-state index contributed by atoms with van der Waals surface area (Å²) in [4.78, 5) is 22.8. The van der Waals surface area contributed by atoms with Gasteiger partial charge in [0.1, 0.15) is 0 Å². The number of thiophene rings is 1. The van der Waals surface area contributed by atoms with E-state index < -0.39 is 5.97 Å². The van der Waals surface area contributed by atoms with Crippen LogP contribution in [0.4, 0.5) is 0 Å². The number of nitrogens with zero attached hydrogens (tertiary/aromatic N) is 2. The fourth-order valence-corrected chi connectivity index (χ4v) is 6.90. The molecule has 196 valence electrons. The lowest BCUT2D eigenvalue weighted by Gasteiger charge is -2.16. The maximum Gasteiger partial charge on any atom is 0.335 e. The van der Waals surface area contributed by atoms with Gasteiger partial charge in [0.15, 0.2) is 16.7 Å². The average molecular weight is 547 g/mol. The van der Waals surface area contributed by atoms with Crippen LogP contribution in [0.2, 0.25) is 0 Å². The molecule has 1 fully saturated rings. The predicted molar refractivity (Wildman–Crippen MR) is 153 cm³/mol. The highest BCUT2D eigenvalue weighted by Crippen LogP contribution is 2.43. The fraction of sp³-hybridized carbons (Fsp3) is 0.300. The molecule has 0 atom stereocenters. The van der Waals surface area contributed by atoms with Crippen LogP contribution >= 0.6 is 23.1 Å². The minimum absolute atomic E-state index is 0.232. The molecule has 5 rings (SSSR count). The van der Waals surface area contributed by atoms with Crippen molar-refractivity contribution in [2.75, 3.05) is 7.11 Å². The molecule has 0 spiro atoms. The number of rotatable bonds is 9. The number of carboxylic acid groups (broad SMARTS) is 1. The third kappa shape index (κ3) is 6.03. The fourth-order valence-electron chi connectivity index (χ4n) is 4.69. The van der Waals surface area contributed by atoms with Gasteiger partial charge in [0.25, 0.3) is 0 Å². The van der Waals surface area contributed by atoms with Gasteiger partial charge in [-0.3, -0.25) is 0 Å². The molecule has 1 N–H and O–H groups in total. The number of benzene rings is 2. The van der Waals surface area contributed by atoms with Crippen LogP contribution in [0.3, 0.4) is 0 Å². The number of aromatic nitrogens is 2. The summed E-state index contributed by atoms with van der Waals surface area (Å²) in [5, 5.41) is 10.1. The smallest absolute Gasteiger partial charge is 0.335 e. The van der Waals surface area contributed by atoms with Crippen LogP contribution in [0, 0.1) is 13.8 Å². The Morgan fingerprint density at radius 3 is 2.32 bits per heavy atom. The number of carboxylic acids is 1. The quantitative estimate of drug-likeness (QED) is 0.169. The second kappa shape index (κ2) is 11.6. The Labute approximate surface area is 231 Å². The molecule has 6 nitrogen and oxygen atoms in total. The van der Waals surface area contributed by atoms with Crippen molar-refractivity contribution in [3.05, 3.63) is 77.1 Å². The van der Waals surface area contributed by atoms with Gasteiger partial charge in [0.2, 0.25) is 0 Å². The van der Waals surface area contributed by atoms with Gasteiger partial charge in [-0.1, -0.05) is 23.9 Å². The minimum Gasteiger partial charge on any atom is -0.493 e. The van der Waals surface area contributed by atoms with Crippen LogP contribution in [0.25, 0.3) is 20.9 Å². The molecule has 2 aromatic heterocycles. The molecule has 0 bridgehead atoms. The Kier molecular flexibility index (Phi) is 8.00. The van der Waals surface area contributed by atoms with Gasteiger partial charge in [-0.15, -0.1) is 11.3 Å². The van der Waals surface area contributed by atoms with E-state index in [1.165, 1.54) is 12.8 Å². The van der Waals surface area contributed by atoms with Gasteiger partial charge in [-0.25, -0.2) is 14.8 Å². The van der Waals surface area contributed by atoms with Crippen molar-refractivity contribution in [3.8, 4) is 32.4 Å². The first-order valence-electron chi connectivity index (χ1n) is 12.7. The summed E-state index contributed by atoms with van der Waals surface area (Å²) < 4.78 is 11.9. The molecule has 1 aliphatic carbocycles. The normalized spacial score (nSPS) is 13.6. The highest BCUT2D eigenvalue weighted by Gasteiger charge is 2.20. The lowest BCUT2D eigenvalue weighted by molar-refractivity contribution is 0.0697. The largest absolute Gasteiger partial charge is 0.493 e. The van der Waals surface area contributed by atoms with E-state index in [0.29, 0.717) is 5.75 Å². The molecule has 38 heavy (non-hydrogen) atoms. The molecule has 1 aliphatic rings.